The molecule has 0 fully saturated rings. The molecule has 20 heavy (non-hydrogen) atoms. The molecule has 100 valence electrons. The average Bonchev–Trinajstić information content (AvgIpc) is 2.84. The van der Waals surface area contributed by atoms with Crippen LogP contribution in [-0.4, -0.2) is 10.8 Å². The van der Waals surface area contributed by atoms with Crippen LogP contribution in [0.25, 0.3) is 10.9 Å². The van der Waals surface area contributed by atoms with Crippen LogP contribution in [0.2, 0.25) is 0 Å². The van der Waals surface area contributed by atoms with Crippen LogP contribution in [0.3, 0.4) is 0 Å². The van der Waals surface area contributed by atoms with Gasteiger partial charge in [0.05, 0.1) is 0 Å². The average molecular weight is 329 g/mol. The molecule has 2 aromatic carbocycles. The molecule has 0 amide bonds. The van der Waals surface area contributed by atoms with Crippen molar-refractivity contribution in [3.05, 3.63) is 63.8 Å². The molecule has 1 heterocycles. The Morgan fingerprint density at radius 1 is 1.20 bits per heavy atom. The lowest BCUT2D eigenvalue weighted by molar-refractivity contribution is 0.104. The maximum Gasteiger partial charge on any atom is 0.195 e. The largest absolute Gasteiger partial charge is 0.398 e. The van der Waals surface area contributed by atoms with Gasteiger partial charge in [-0.1, -0.05) is 28.1 Å². The van der Waals surface area contributed by atoms with E-state index >= 15 is 0 Å². The van der Waals surface area contributed by atoms with E-state index in [-0.39, 0.29) is 5.78 Å². The van der Waals surface area contributed by atoms with Crippen LogP contribution in [0.4, 0.5) is 5.69 Å². The van der Waals surface area contributed by atoms with E-state index in [0.717, 1.165) is 20.9 Å². The zero-order valence-electron chi connectivity index (χ0n) is 10.9. The van der Waals surface area contributed by atoms with E-state index in [4.69, 9.17) is 5.73 Å². The van der Waals surface area contributed by atoms with Gasteiger partial charge in [-0.05, 0) is 36.8 Å². The number of rotatable bonds is 2. The van der Waals surface area contributed by atoms with Gasteiger partial charge in [0.15, 0.2) is 5.78 Å². The second kappa shape index (κ2) is 4.80. The van der Waals surface area contributed by atoms with Gasteiger partial charge in [0.25, 0.3) is 0 Å². The van der Waals surface area contributed by atoms with Crippen LogP contribution < -0.4 is 5.73 Å². The smallest absolute Gasteiger partial charge is 0.195 e. The van der Waals surface area contributed by atoms with E-state index in [1.165, 1.54) is 0 Å². The SMILES string of the molecule is Cc1c(N)cccc1C(=O)c1c[nH]c2ccc(Br)cc12. The molecule has 3 aromatic rings. The first-order valence-electron chi connectivity index (χ1n) is 6.24. The van der Waals surface area contributed by atoms with Gasteiger partial charge in [-0.2, -0.15) is 0 Å². The normalized spacial score (nSPS) is 10.9. The Morgan fingerprint density at radius 2 is 2.00 bits per heavy atom. The quantitative estimate of drug-likeness (QED) is 0.550. The Hall–Kier alpha value is -2.07. The number of H-pyrrole nitrogens is 1. The fourth-order valence-electron chi connectivity index (χ4n) is 2.33. The number of carbonyl (C=O) groups is 1. The lowest BCUT2D eigenvalue weighted by Crippen LogP contribution is -2.05. The maximum atomic E-state index is 12.7. The molecule has 0 radical (unpaired) electrons. The van der Waals surface area contributed by atoms with Gasteiger partial charge in [-0.3, -0.25) is 4.79 Å². The Labute approximate surface area is 124 Å². The molecule has 0 atom stereocenters. The summed E-state index contributed by atoms with van der Waals surface area (Å²) in [4.78, 5) is 15.8. The number of halogens is 1. The summed E-state index contributed by atoms with van der Waals surface area (Å²) in [6.45, 7) is 1.87. The van der Waals surface area contributed by atoms with Gasteiger partial charge in [0.2, 0.25) is 0 Å². The molecule has 0 aliphatic heterocycles. The van der Waals surface area contributed by atoms with Crippen molar-refractivity contribution >= 4 is 38.3 Å². The molecule has 0 saturated heterocycles. The summed E-state index contributed by atoms with van der Waals surface area (Å²) in [5.74, 6) is -0.0147. The summed E-state index contributed by atoms with van der Waals surface area (Å²) < 4.78 is 0.947. The highest BCUT2D eigenvalue weighted by Gasteiger charge is 2.17. The Bertz CT molecular complexity index is 820. The summed E-state index contributed by atoms with van der Waals surface area (Å²) >= 11 is 3.44. The van der Waals surface area contributed by atoms with E-state index in [2.05, 4.69) is 20.9 Å². The first-order valence-corrected chi connectivity index (χ1v) is 7.03. The topological polar surface area (TPSA) is 58.9 Å². The van der Waals surface area contributed by atoms with Crippen molar-refractivity contribution in [2.75, 3.05) is 5.73 Å². The molecule has 0 spiro atoms. The standard InChI is InChI=1S/C16H13BrN2O/c1-9-11(3-2-4-14(9)18)16(20)13-8-19-15-6-5-10(17)7-12(13)15/h2-8,19H,18H2,1H3. The summed E-state index contributed by atoms with van der Waals surface area (Å²) in [6.07, 6.45) is 1.75. The molecular formula is C16H13BrN2O. The number of ketones is 1. The van der Waals surface area contributed by atoms with Crippen molar-refractivity contribution in [3.8, 4) is 0 Å². The summed E-state index contributed by atoms with van der Waals surface area (Å²) in [5, 5.41) is 0.909. The number of nitrogen functional groups attached to an aromatic ring is 1. The lowest BCUT2D eigenvalue weighted by Gasteiger charge is -2.06. The second-order valence-corrected chi connectivity index (χ2v) is 5.66. The van der Waals surface area contributed by atoms with Gasteiger partial charge in [0.1, 0.15) is 0 Å². The van der Waals surface area contributed by atoms with E-state index < -0.39 is 0 Å². The molecule has 0 saturated carbocycles. The molecular weight excluding hydrogens is 316 g/mol. The van der Waals surface area contributed by atoms with Gasteiger partial charge < -0.3 is 10.7 Å². The second-order valence-electron chi connectivity index (χ2n) is 4.74. The molecule has 3 N–H and O–H groups in total. The minimum Gasteiger partial charge on any atom is -0.398 e. The third-order valence-corrected chi connectivity index (χ3v) is 4.00. The van der Waals surface area contributed by atoms with E-state index in [0.29, 0.717) is 16.8 Å². The third-order valence-electron chi connectivity index (χ3n) is 3.51. The first kappa shape index (κ1) is 12.9. The fraction of sp³-hybridized carbons (Fsp3) is 0.0625. The fourth-order valence-corrected chi connectivity index (χ4v) is 2.69. The number of hydrogen-bond donors (Lipinski definition) is 2. The van der Waals surface area contributed by atoms with Crippen molar-refractivity contribution in [1.82, 2.24) is 4.98 Å². The molecule has 0 unspecified atom stereocenters. The predicted molar refractivity (Wildman–Crippen MR) is 85.0 cm³/mol. The molecule has 0 bridgehead atoms. The van der Waals surface area contributed by atoms with Crippen LogP contribution in [0, 0.1) is 6.92 Å². The first-order chi connectivity index (χ1) is 9.58. The Balaban J connectivity index is 2.18. The monoisotopic (exact) mass is 328 g/mol. The molecule has 1 aromatic heterocycles. The number of carbonyl (C=O) groups excluding carboxylic acids is 1. The van der Waals surface area contributed by atoms with E-state index in [1.54, 1.807) is 18.3 Å². The number of fused-ring (bicyclic) bond motifs is 1. The van der Waals surface area contributed by atoms with Crippen LogP contribution in [0.5, 0.6) is 0 Å². The predicted octanol–water partition coefficient (Wildman–Crippen LogP) is 4.05. The van der Waals surface area contributed by atoms with Crippen molar-refractivity contribution in [3.63, 3.8) is 0 Å². The number of nitrogens with one attached hydrogen (secondary N) is 1. The highest BCUT2D eigenvalue weighted by molar-refractivity contribution is 9.10. The highest BCUT2D eigenvalue weighted by Crippen LogP contribution is 2.26. The Kier molecular flexibility index (Phi) is 3.10. The van der Waals surface area contributed by atoms with Gasteiger partial charge in [0, 0.05) is 38.4 Å². The molecule has 3 rings (SSSR count). The lowest BCUT2D eigenvalue weighted by atomic mass is 9.98. The van der Waals surface area contributed by atoms with Crippen LogP contribution in [0.15, 0.2) is 47.1 Å². The summed E-state index contributed by atoms with van der Waals surface area (Å²) in [7, 11) is 0. The van der Waals surface area contributed by atoms with Crippen LogP contribution in [0.1, 0.15) is 21.5 Å². The molecule has 3 nitrogen and oxygen atoms in total. The molecule has 0 aliphatic rings. The van der Waals surface area contributed by atoms with Crippen molar-refractivity contribution in [2.24, 2.45) is 0 Å². The number of aromatic nitrogens is 1. The number of aromatic amines is 1. The maximum absolute atomic E-state index is 12.7. The summed E-state index contributed by atoms with van der Waals surface area (Å²) in [5.41, 5.74) is 9.59. The van der Waals surface area contributed by atoms with Gasteiger partial charge >= 0.3 is 0 Å². The van der Waals surface area contributed by atoms with Gasteiger partial charge in [-0.15, -0.1) is 0 Å². The van der Waals surface area contributed by atoms with Gasteiger partial charge in [-0.25, -0.2) is 0 Å². The highest BCUT2D eigenvalue weighted by atomic mass is 79.9. The summed E-state index contributed by atoms with van der Waals surface area (Å²) in [6, 6.07) is 11.3. The molecule has 4 heteroatoms. The number of benzene rings is 2. The number of hydrogen-bond acceptors (Lipinski definition) is 2. The zero-order chi connectivity index (χ0) is 14.3. The number of anilines is 1. The minimum atomic E-state index is -0.0147. The van der Waals surface area contributed by atoms with Crippen LogP contribution in [-0.2, 0) is 0 Å². The van der Waals surface area contributed by atoms with E-state index in [9.17, 15) is 4.79 Å². The minimum absolute atomic E-state index is 0.0147. The van der Waals surface area contributed by atoms with E-state index in [1.807, 2.05) is 31.2 Å². The Morgan fingerprint density at radius 3 is 2.80 bits per heavy atom. The third kappa shape index (κ3) is 2.02. The van der Waals surface area contributed by atoms with Crippen LogP contribution >= 0.6 is 15.9 Å². The zero-order valence-corrected chi connectivity index (χ0v) is 12.5. The number of nitrogens with two attached hydrogens (primary N) is 1. The van der Waals surface area contributed by atoms with Crippen molar-refractivity contribution in [2.45, 2.75) is 6.92 Å². The molecule has 0 aliphatic carbocycles. The van der Waals surface area contributed by atoms with Crippen molar-refractivity contribution in [1.29, 1.82) is 0 Å². The van der Waals surface area contributed by atoms with Crippen molar-refractivity contribution < 1.29 is 4.79 Å².